The molecule has 1 aromatic carbocycles. The van der Waals surface area contributed by atoms with Crippen molar-refractivity contribution in [3.05, 3.63) is 35.4 Å². The first-order valence-electron chi connectivity index (χ1n) is 10.6. The number of benzene rings is 1. The molecule has 2 rings (SSSR count). The van der Waals surface area contributed by atoms with E-state index in [1.54, 1.807) is 0 Å². The molecule has 1 fully saturated rings. The molecule has 1 heterocycles. The lowest BCUT2D eigenvalue weighted by Crippen LogP contribution is -2.61. The van der Waals surface area contributed by atoms with Crippen LogP contribution in [0.2, 0.25) is 0 Å². The van der Waals surface area contributed by atoms with Crippen molar-refractivity contribution in [1.29, 1.82) is 5.41 Å². The summed E-state index contributed by atoms with van der Waals surface area (Å²) in [5.74, 6) is -3.29. The van der Waals surface area contributed by atoms with E-state index in [9.17, 15) is 27.6 Å². The van der Waals surface area contributed by atoms with Crippen molar-refractivity contribution >= 4 is 64.8 Å². The Hall–Kier alpha value is -2.61. The molecule has 1 aliphatic rings. The van der Waals surface area contributed by atoms with E-state index in [1.165, 1.54) is 0 Å². The predicted octanol–water partition coefficient (Wildman–Crippen LogP) is 4.01. The Labute approximate surface area is 229 Å². The Morgan fingerprint density at radius 3 is 2.00 bits per heavy atom. The third-order valence-corrected chi connectivity index (χ3v) is 5.31. The third-order valence-electron chi connectivity index (χ3n) is 4.79. The van der Waals surface area contributed by atoms with Crippen LogP contribution in [-0.2, 0) is 44.2 Å². The highest BCUT2D eigenvalue weighted by molar-refractivity contribution is 6.76. The van der Waals surface area contributed by atoms with Gasteiger partial charge in [0.05, 0.1) is 5.56 Å². The molecule has 1 aromatic rings. The fourth-order valence-electron chi connectivity index (χ4n) is 3.25. The maximum Gasteiger partial charge on any atom is 0.416 e. The van der Waals surface area contributed by atoms with E-state index in [4.69, 9.17) is 63.9 Å². The van der Waals surface area contributed by atoms with E-state index in [0.29, 0.717) is 0 Å². The van der Waals surface area contributed by atoms with E-state index in [-0.39, 0.29) is 5.56 Å². The maximum absolute atomic E-state index is 12.9. The third kappa shape index (κ3) is 9.29. The Bertz CT molecular complexity index is 1060. The zero-order chi connectivity index (χ0) is 28.8. The van der Waals surface area contributed by atoms with Gasteiger partial charge in [0.1, 0.15) is 12.7 Å². The van der Waals surface area contributed by atoms with Crippen LogP contribution < -0.4 is 0 Å². The summed E-state index contributed by atoms with van der Waals surface area (Å²) in [5, 5.41) is 7.92. The fraction of sp³-hybridized carbons (Fsp3) is 0.500. The number of halogens is 6. The van der Waals surface area contributed by atoms with Gasteiger partial charge >= 0.3 is 24.1 Å². The standard InChI is InChI=1S/C22H22Cl3F3N2O8/c1-10(31)34-9-15-17(35-11(2)32)18(36-12(3)33)16(19(37-15)38-20(29)21(23,24)25)30-8-13-4-6-14(7-5-13)22(26,27)28/h4-8,15-19,29H,9H2,1-3H3/t15-,16-,17+,18-,19-/m1/s1. The molecule has 10 nitrogen and oxygen atoms in total. The molecule has 0 saturated carbocycles. The minimum absolute atomic E-state index is 0.195. The summed E-state index contributed by atoms with van der Waals surface area (Å²) in [6.07, 6.45) is -9.22. The topological polar surface area (TPSA) is 134 Å². The summed E-state index contributed by atoms with van der Waals surface area (Å²) in [6, 6.07) is 2.50. The summed E-state index contributed by atoms with van der Waals surface area (Å²) in [4.78, 5) is 39.4. The van der Waals surface area contributed by atoms with Crippen LogP contribution in [0.15, 0.2) is 29.3 Å². The zero-order valence-corrected chi connectivity index (χ0v) is 22.2. The first-order valence-corrected chi connectivity index (χ1v) is 11.8. The Kier molecular flexibility index (Phi) is 10.8. The van der Waals surface area contributed by atoms with E-state index in [2.05, 4.69) is 4.99 Å². The number of aliphatic imine (C=N–C) groups is 1. The van der Waals surface area contributed by atoms with Crippen molar-refractivity contribution in [2.75, 3.05) is 6.61 Å². The first kappa shape index (κ1) is 31.6. The maximum atomic E-state index is 12.9. The van der Waals surface area contributed by atoms with Crippen LogP contribution >= 0.6 is 34.8 Å². The summed E-state index contributed by atoms with van der Waals surface area (Å²) < 4.78 is 63.0. The summed E-state index contributed by atoms with van der Waals surface area (Å²) in [6.45, 7) is 2.73. The number of carbonyl (C=O) groups is 3. The van der Waals surface area contributed by atoms with Gasteiger partial charge in [-0.05, 0) is 17.7 Å². The number of alkyl halides is 6. The summed E-state index contributed by atoms with van der Waals surface area (Å²) >= 11 is 17.1. The largest absolute Gasteiger partial charge is 0.463 e. The highest BCUT2D eigenvalue weighted by Gasteiger charge is 2.52. The van der Waals surface area contributed by atoms with Crippen molar-refractivity contribution in [3.8, 4) is 0 Å². The highest BCUT2D eigenvalue weighted by atomic mass is 35.6. The van der Waals surface area contributed by atoms with E-state index >= 15 is 0 Å². The predicted molar refractivity (Wildman–Crippen MR) is 128 cm³/mol. The Morgan fingerprint density at radius 1 is 0.974 bits per heavy atom. The van der Waals surface area contributed by atoms with Gasteiger partial charge in [-0.3, -0.25) is 24.8 Å². The van der Waals surface area contributed by atoms with E-state index in [0.717, 1.165) is 51.3 Å². The van der Waals surface area contributed by atoms with Crippen LogP contribution in [0.25, 0.3) is 0 Å². The van der Waals surface area contributed by atoms with E-state index < -0.39 is 76.6 Å². The minimum Gasteiger partial charge on any atom is -0.463 e. The second kappa shape index (κ2) is 13.0. The molecule has 5 atom stereocenters. The van der Waals surface area contributed by atoms with Crippen molar-refractivity contribution < 1.29 is 51.2 Å². The molecular weight excluding hydrogens is 584 g/mol. The van der Waals surface area contributed by atoms with Gasteiger partial charge in [0.2, 0.25) is 12.2 Å². The smallest absolute Gasteiger partial charge is 0.416 e. The molecule has 0 amide bonds. The molecule has 1 aliphatic heterocycles. The van der Waals surface area contributed by atoms with Gasteiger partial charge in [0, 0.05) is 27.0 Å². The van der Waals surface area contributed by atoms with Crippen LogP contribution in [0.3, 0.4) is 0 Å². The van der Waals surface area contributed by atoms with Crippen molar-refractivity contribution in [2.45, 2.75) is 61.4 Å². The van der Waals surface area contributed by atoms with Gasteiger partial charge < -0.3 is 23.7 Å². The minimum atomic E-state index is -4.56. The normalized spacial score (nSPS) is 24.0. The van der Waals surface area contributed by atoms with Crippen molar-refractivity contribution in [1.82, 2.24) is 0 Å². The molecule has 0 bridgehead atoms. The molecule has 210 valence electrons. The molecular formula is C22H22Cl3F3N2O8. The summed E-state index contributed by atoms with van der Waals surface area (Å²) in [7, 11) is 0. The van der Waals surface area contributed by atoms with Crippen molar-refractivity contribution in [3.63, 3.8) is 0 Å². The fourth-order valence-corrected chi connectivity index (χ4v) is 3.39. The second-order valence-corrected chi connectivity index (χ2v) is 10.1. The number of ether oxygens (including phenoxy) is 5. The van der Waals surface area contributed by atoms with Gasteiger partial charge in [0.25, 0.3) is 3.79 Å². The molecule has 16 heteroatoms. The average Bonchev–Trinajstić information content (AvgIpc) is 2.77. The van der Waals surface area contributed by atoms with Crippen molar-refractivity contribution in [2.24, 2.45) is 4.99 Å². The number of nitrogens with one attached hydrogen (secondary N) is 1. The Morgan fingerprint density at radius 2 is 1.53 bits per heavy atom. The molecule has 0 aromatic heterocycles. The first-order chi connectivity index (χ1) is 17.5. The molecule has 1 saturated heterocycles. The Balaban J connectivity index is 2.53. The number of rotatable bonds is 7. The lowest BCUT2D eigenvalue weighted by Gasteiger charge is -2.43. The summed E-state index contributed by atoms with van der Waals surface area (Å²) in [5.41, 5.74) is -0.699. The van der Waals surface area contributed by atoms with Crippen LogP contribution in [0, 0.1) is 5.41 Å². The monoisotopic (exact) mass is 604 g/mol. The van der Waals surface area contributed by atoms with Crippen LogP contribution in [0.1, 0.15) is 31.9 Å². The van der Waals surface area contributed by atoms with Crippen LogP contribution in [0.4, 0.5) is 13.2 Å². The highest BCUT2D eigenvalue weighted by Crippen LogP contribution is 2.34. The molecule has 1 N–H and O–H groups in total. The molecule has 0 radical (unpaired) electrons. The number of esters is 3. The van der Waals surface area contributed by atoms with Gasteiger partial charge in [0.15, 0.2) is 18.2 Å². The van der Waals surface area contributed by atoms with Crippen LogP contribution in [-0.4, -0.2) is 71.1 Å². The van der Waals surface area contributed by atoms with E-state index in [1.807, 2.05) is 0 Å². The molecule has 38 heavy (non-hydrogen) atoms. The zero-order valence-electron chi connectivity index (χ0n) is 20.0. The molecule has 0 unspecified atom stereocenters. The molecule has 0 spiro atoms. The number of nitrogens with zero attached hydrogens (tertiary/aromatic N) is 1. The van der Waals surface area contributed by atoms with Gasteiger partial charge in [-0.1, -0.05) is 46.9 Å². The van der Waals surface area contributed by atoms with Gasteiger partial charge in [-0.25, -0.2) is 0 Å². The average molecular weight is 606 g/mol. The number of hydrogen-bond acceptors (Lipinski definition) is 10. The number of carbonyl (C=O) groups excluding carboxylic acids is 3. The quantitative estimate of drug-likeness (QED) is 0.162. The SMILES string of the molecule is CC(=O)OC[C@H]1O[C@H](OC(=N)C(Cl)(Cl)Cl)[C@H](N=Cc2ccc(C(F)(F)F)cc2)[C@@H](OC(C)=O)[C@H]1OC(C)=O. The number of hydrogen-bond donors (Lipinski definition) is 1. The lowest BCUT2D eigenvalue weighted by molar-refractivity contribution is -0.256. The second-order valence-electron chi connectivity index (χ2n) is 7.83. The lowest BCUT2D eigenvalue weighted by atomic mass is 9.96. The molecule has 0 aliphatic carbocycles. The van der Waals surface area contributed by atoms with Crippen LogP contribution in [0.5, 0.6) is 0 Å². The van der Waals surface area contributed by atoms with Gasteiger partial charge in [-0.15, -0.1) is 0 Å². The van der Waals surface area contributed by atoms with Gasteiger partial charge in [-0.2, -0.15) is 13.2 Å².